The van der Waals surface area contributed by atoms with E-state index in [0.29, 0.717) is 31.2 Å². The maximum atomic E-state index is 12.7. The minimum absolute atomic E-state index is 0.0217. The Bertz CT molecular complexity index is 638. The monoisotopic (exact) mass is 357 g/mol. The fraction of sp³-hybridized carbons (Fsp3) is 0.667. The van der Waals surface area contributed by atoms with Crippen LogP contribution in [0, 0.1) is 17.3 Å². The molecule has 0 N–H and O–H groups in total. The standard InChI is InChI=1S/C21H31N3O2/c1-21(2,3)12-20(26)24-9-6-17-11-19(25)23(10-7-18(17)15-24)14-16-5-4-8-22-13-16/h4-5,8,13,17-18H,6-7,9-12,14-15H2,1-3H3/t17-,18-/m0/s1. The average molecular weight is 357 g/mol. The number of rotatable bonds is 3. The lowest BCUT2D eigenvalue weighted by Crippen LogP contribution is -2.44. The number of pyridine rings is 1. The number of nitrogens with zero attached hydrogens (tertiary/aromatic N) is 3. The molecule has 0 saturated carbocycles. The van der Waals surface area contributed by atoms with Gasteiger partial charge in [-0.3, -0.25) is 14.6 Å². The lowest BCUT2D eigenvalue weighted by Gasteiger charge is -2.38. The first-order valence-corrected chi connectivity index (χ1v) is 9.76. The molecule has 0 aromatic carbocycles. The van der Waals surface area contributed by atoms with Crippen LogP contribution in [0.15, 0.2) is 24.5 Å². The predicted molar refractivity (Wildman–Crippen MR) is 101 cm³/mol. The molecule has 2 aliphatic rings. The van der Waals surface area contributed by atoms with E-state index >= 15 is 0 Å². The summed E-state index contributed by atoms with van der Waals surface area (Å²) in [5.74, 6) is 1.37. The summed E-state index contributed by atoms with van der Waals surface area (Å²) in [4.78, 5) is 33.4. The van der Waals surface area contributed by atoms with Crippen molar-refractivity contribution in [2.75, 3.05) is 19.6 Å². The van der Waals surface area contributed by atoms with E-state index in [0.717, 1.165) is 38.0 Å². The Morgan fingerprint density at radius 1 is 1.23 bits per heavy atom. The number of hydrogen-bond acceptors (Lipinski definition) is 3. The van der Waals surface area contributed by atoms with Crippen LogP contribution in [0.2, 0.25) is 0 Å². The summed E-state index contributed by atoms with van der Waals surface area (Å²) in [6.07, 6.45) is 6.73. The van der Waals surface area contributed by atoms with E-state index in [-0.39, 0.29) is 17.2 Å². The van der Waals surface area contributed by atoms with Gasteiger partial charge in [0.1, 0.15) is 0 Å². The van der Waals surface area contributed by atoms with E-state index in [1.54, 1.807) is 6.20 Å². The predicted octanol–water partition coefficient (Wildman–Crippen LogP) is 3.10. The quantitative estimate of drug-likeness (QED) is 0.835. The van der Waals surface area contributed by atoms with Gasteiger partial charge in [0.2, 0.25) is 11.8 Å². The highest BCUT2D eigenvalue weighted by molar-refractivity contribution is 5.78. The first-order chi connectivity index (χ1) is 12.3. The molecule has 0 spiro atoms. The van der Waals surface area contributed by atoms with Crippen molar-refractivity contribution in [3.05, 3.63) is 30.1 Å². The van der Waals surface area contributed by atoms with Crippen molar-refractivity contribution in [3.8, 4) is 0 Å². The number of amides is 2. The summed E-state index contributed by atoms with van der Waals surface area (Å²) in [7, 11) is 0. The molecular weight excluding hydrogens is 326 g/mol. The van der Waals surface area contributed by atoms with Gasteiger partial charge in [0.05, 0.1) is 0 Å². The van der Waals surface area contributed by atoms with Crippen LogP contribution in [0.3, 0.4) is 0 Å². The van der Waals surface area contributed by atoms with Gasteiger partial charge in [0, 0.05) is 51.4 Å². The molecule has 2 fully saturated rings. The van der Waals surface area contributed by atoms with Gasteiger partial charge in [-0.05, 0) is 41.7 Å². The van der Waals surface area contributed by atoms with Crippen LogP contribution in [-0.2, 0) is 16.1 Å². The second-order valence-corrected chi connectivity index (χ2v) is 9.06. The third-order valence-corrected chi connectivity index (χ3v) is 5.58. The highest BCUT2D eigenvalue weighted by Gasteiger charge is 2.36. The Hall–Kier alpha value is -1.91. The maximum Gasteiger partial charge on any atom is 0.223 e. The van der Waals surface area contributed by atoms with Crippen molar-refractivity contribution < 1.29 is 9.59 Å². The van der Waals surface area contributed by atoms with E-state index in [2.05, 4.69) is 25.8 Å². The number of hydrogen-bond donors (Lipinski definition) is 0. The van der Waals surface area contributed by atoms with Gasteiger partial charge >= 0.3 is 0 Å². The maximum absolute atomic E-state index is 12.7. The fourth-order valence-electron chi connectivity index (χ4n) is 4.15. The summed E-state index contributed by atoms with van der Waals surface area (Å²) in [6.45, 7) is 9.35. The Kier molecular flexibility index (Phi) is 5.64. The van der Waals surface area contributed by atoms with Gasteiger partial charge < -0.3 is 9.80 Å². The highest BCUT2D eigenvalue weighted by atomic mass is 16.2. The topological polar surface area (TPSA) is 53.5 Å². The lowest BCUT2D eigenvalue weighted by atomic mass is 9.81. The average Bonchev–Trinajstić information content (AvgIpc) is 2.73. The molecule has 2 saturated heterocycles. The first-order valence-electron chi connectivity index (χ1n) is 9.76. The van der Waals surface area contributed by atoms with Crippen LogP contribution in [-0.4, -0.2) is 46.2 Å². The Labute approximate surface area is 156 Å². The molecular formula is C21H31N3O2. The van der Waals surface area contributed by atoms with Gasteiger partial charge in [-0.25, -0.2) is 0 Å². The molecule has 2 atom stereocenters. The van der Waals surface area contributed by atoms with E-state index < -0.39 is 0 Å². The number of carbonyl (C=O) groups is 2. The van der Waals surface area contributed by atoms with Gasteiger partial charge in [-0.2, -0.15) is 0 Å². The van der Waals surface area contributed by atoms with Gasteiger partial charge in [0.15, 0.2) is 0 Å². The molecule has 2 aliphatic heterocycles. The van der Waals surface area contributed by atoms with Crippen LogP contribution in [0.25, 0.3) is 0 Å². The largest absolute Gasteiger partial charge is 0.342 e. The summed E-state index contributed by atoms with van der Waals surface area (Å²) in [5, 5.41) is 0. The smallest absolute Gasteiger partial charge is 0.223 e. The molecule has 1 aromatic rings. The van der Waals surface area contributed by atoms with Gasteiger partial charge in [-0.1, -0.05) is 26.8 Å². The van der Waals surface area contributed by atoms with E-state index in [9.17, 15) is 9.59 Å². The number of likely N-dealkylation sites (tertiary alicyclic amines) is 2. The second kappa shape index (κ2) is 7.77. The van der Waals surface area contributed by atoms with E-state index in [1.807, 2.05) is 28.1 Å². The number of fused-ring (bicyclic) bond motifs is 1. The van der Waals surface area contributed by atoms with Crippen LogP contribution in [0.1, 0.15) is 52.0 Å². The molecule has 0 aliphatic carbocycles. The highest BCUT2D eigenvalue weighted by Crippen LogP contribution is 2.33. The van der Waals surface area contributed by atoms with Crippen molar-refractivity contribution >= 4 is 11.8 Å². The SMILES string of the molecule is CC(C)(C)CC(=O)N1CC[C@H]2CC(=O)N(Cc3cccnc3)CC[C@H]2C1. The van der Waals surface area contributed by atoms with Gasteiger partial charge in [-0.15, -0.1) is 0 Å². The Morgan fingerprint density at radius 3 is 2.69 bits per heavy atom. The molecule has 5 nitrogen and oxygen atoms in total. The summed E-state index contributed by atoms with van der Waals surface area (Å²) < 4.78 is 0. The van der Waals surface area contributed by atoms with Crippen LogP contribution < -0.4 is 0 Å². The van der Waals surface area contributed by atoms with Crippen LogP contribution >= 0.6 is 0 Å². The van der Waals surface area contributed by atoms with Crippen molar-refractivity contribution in [1.29, 1.82) is 0 Å². The van der Waals surface area contributed by atoms with Crippen LogP contribution in [0.4, 0.5) is 0 Å². The molecule has 26 heavy (non-hydrogen) atoms. The van der Waals surface area contributed by atoms with Crippen molar-refractivity contribution in [1.82, 2.24) is 14.8 Å². The van der Waals surface area contributed by atoms with Crippen molar-refractivity contribution in [3.63, 3.8) is 0 Å². The third-order valence-electron chi connectivity index (χ3n) is 5.58. The number of carbonyl (C=O) groups excluding carboxylic acids is 2. The molecule has 5 heteroatoms. The molecule has 3 rings (SSSR count). The lowest BCUT2D eigenvalue weighted by molar-refractivity contribution is -0.136. The molecule has 0 bridgehead atoms. The van der Waals surface area contributed by atoms with Gasteiger partial charge in [0.25, 0.3) is 0 Å². The first kappa shape index (κ1) is 18.9. The third kappa shape index (κ3) is 4.83. The Balaban J connectivity index is 1.61. The zero-order valence-corrected chi connectivity index (χ0v) is 16.3. The second-order valence-electron chi connectivity index (χ2n) is 9.06. The zero-order chi connectivity index (χ0) is 18.7. The van der Waals surface area contributed by atoms with Crippen molar-refractivity contribution in [2.24, 2.45) is 17.3 Å². The summed E-state index contributed by atoms with van der Waals surface area (Å²) in [6, 6.07) is 3.93. The molecule has 3 heterocycles. The normalized spacial score (nSPS) is 24.2. The fourth-order valence-corrected chi connectivity index (χ4v) is 4.15. The zero-order valence-electron chi connectivity index (χ0n) is 16.3. The molecule has 0 radical (unpaired) electrons. The van der Waals surface area contributed by atoms with E-state index in [1.165, 1.54) is 0 Å². The Morgan fingerprint density at radius 2 is 2.00 bits per heavy atom. The minimum atomic E-state index is 0.0217. The summed E-state index contributed by atoms with van der Waals surface area (Å²) >= 11 is 0. The number of piperidine rings is 1. The molecule has 1 aromatic heterocycles. The molecule has 0 unspecified atom stereocenters. The molecule has 2 amide bonds. The van der Waals surface area contributed by atoms with Crippen molar-refractivity contribution in [2.45, 2.75) is 53.0 Å². The molecule has 142 valence electrons. The van der Waals surface area contributed by atoms with E-state index in [4.69, 9.17) is 0 Å². The van der Waals surface area contributed by atoms with Crippen LogP contribution in [0.5, 0.6) is 0 Å². The number of aromatic nitrogens is 1. The summed E-state index contributed by atoms with van der Waals surface area (Å²) in [5.41, 5.74) is 1.10. The minimum Gasteiger partial charge on any atom is -0.342 e.